The standard InChI is InChI=1S/C15H23NO2/c1-12-8-14(6-7-18-12)11-16-10-13-4-3-5-15(9-13)17-2/h3-5,9,12,14,16H,6-8,10-11H2,1-2H3/t12-,14+/m1/s1. The highest BCUT2D eigenvalue weighted by atomic mass is 16.5. The Kier molecular flexibility index (Phi) is 5.02. The Bertz CT molecular complexity index is 367. The highest BCUT2D eigenvalue weighted by molar-refractivity contribution is 5.28. The van der Waals surface area contributed by atoms with E-state index in [9.17, 15) is 0 Å². The first-order valence-corrected chi connectivity index (χ1v) is 6.73. The van der Waals surface area contributed by atoms with Gasteiger partial charge in [0.15, 0.2) is 0 Å². The molecule has 18 heavy (non-hydrogen) atoms. The largest absolute Gasteiger partial charge is 0.497 e. The maximum atomic E-state index is 5.56. The van der Waals surface area contributed by atoms with E-state index in [1.165, 1.54) is 18.4 Å². The van der Waals surface area contributed by atoms with Gasteiger partial charge in [0.25, 0.3) is 0 Å². The van der Waals surface area contributed by atoms with E-state index in [1.807, 2.05) is 12.1 Å². The number of hydrogen-bond donors (Lipinski definition) is 1. The first-order valence-electron chi connectivity index (χ1n) is 6.73. The normalized spacial score (nSPS) is 23.9. The minimum Gasteiger partial charge on any atom is -0.497 e. The summed E-state index contributed by atoms with van der Waals surface area (Å²) in [6.45, 7) is 5.05. The molecule has 1 heterocycles. The molecular formula is C15H23NO2. The molecule has 1 aliphatic rings. The van der Waals surface area contributed by atoms with Crippen LogP contribution in [0, 0.1) is 5.92 Å². The van der Waals surface area contributed by atoms with Gasteiger partial charge in [0, 0.05) is 13.2 Å². The fourth-order valence-electron chi connectivity index (χ4n) is 2.48. The number of ether oxygens (including phenoxy) is 2. The van der Waals surface area contributed by atoms with Gasteiger partial charge in [-0.05, 0) is 49.9 Å². The maximum absolute atomic E-state index is 5.56. The number of nitrogens with one attached hydrogen (secondary N) is 1. The van der Waals surface area contributed by atoms with Gasteiger partial charge in [-0.1, -0.05) is 12.1 Å². The Morgan fingerprint density at radius 1 is 1.44 bits per heavy atom. The van der Waals surface area contributed by atoms with Crippen LogP contribution >= 0.6 is 0 Å². The van der Waals surface area contributed by atoms with Crippen molar-refractivity contribution >= 4 is 0 Å². The Morgan fingerprint density at radius 3 is 3.11 bits per heavy atom. The molecule has 2 rings (SSSR count). The van der Waals surface area contributed by atoms with E-state index in [0.29, 0.717) is 6.10 Å². The van der Waals surface area contributed by atoms with Crippen LogP contribution < -0.4 is 10.1 Å². The van der Waals surface area contributed by atoms with Gasteiger partial charge in [-0.3, -0.25) is 0 Å². The number of benzene rings is 1. The minimum absolute atomic E-state index is 0.419. The molecule has 0 amide bonds. The Hall–Kier alpha value is -1.06. The first kappa shape index (κ1) is 13.4. The number of methoxy groups -OCH3 is 1. The zero-order valence-corrected chi connectivity index (χ0v) is 11.3. The first-order chi connectivity index (χ1) is 8.78. The topological polar surface area (TPSA) is 30.5 Å². The van der Waals surface area contributed by atoms with Crippen molar-refractivity contribution in [2.24, 2.45) is 5.92 Å². The van der Waals surface area contributed by atoms with Crippen LogP contribution in [0.15, 0.2) is 24.3 Å². The summed E-state index contributed by atoms with van der Waals surface area (Å²) < 4.78 is 10.8. The van der Waals surface area contributed by atoms with Crippen molar-refractivity contribution < 1.29 is 9.47 Å². The van der Waals surface area contributed by atoms with Gasteiger partial charge >= 0.3 is 0 Å². The second kappa shape index (κ2) is 6.76. The quantitative estimate of drug-likeness (QED) is 0.870. The molecule has 1 saturated heterocycles. The van der Waals surface area contributed by atoms with Crippen LogP contribution in [0.2, 0.25) is 0 Å². The molecule has 1 fully saturated rings. The van der Waals surface area contributed by atoms with Gasteiger partial charge in [0.2, 0.25) is 0 Å². The van der Waals surface area contributed by atoms with Crippen molar-refractivity contribution in [3.05, 3.63) is 29.8 Å². The SMILES string of the molecule is COc1cccc(CNC[C@H]2CCO[C@H](C)C2)c1. The van der Waals surface area contributed by atoms with E-state index in [0.717, 1.165) is 31.4 Å². The van der Waals surface area contributed by atoms with E-state index in [4.69, 9.17) is 9.47 Å². The minimum atomic E-state index is 0.419. The van der Waals surface area contributed by atoms with Crippen LogP contribution in [0.25, 0.3) is 0 Å². The molecule has 0 aliphatic carbocycles. The lowest BCUT2D eigenvalue weighted by atomic mass is 9.96. The van der Waals surface area contributed by atoms with Gasteiger partial charge in [-0.25, -0.2) is 0 Å². The zero-order chi connectivity index (χ0) is 12.8. The van der Waals surface area contributed by atoms with E-state index in [2.05, 4.69) is 24.4 Å². The fraction of sp³-hybridized carbons (Fsp3) is 0.600. The zero-order valence-electron chi connectivity index (χ0n) is 11.3. The molecule has 0 saturated carbocycles. The lowest BCUT2D eigenvalue weighted by Crippen LogP contribution is -2.30. The third-order valence-electron chi connectivity index (χ3n) is 3.49. The molecule has 0 unspecified atom stereocenters. The van der Waals surface area contributed by atoms with E-state index >= 15 is 0 Å². The van der Waals surface area contributed by atoms with Crippen LogP contribution in [-0.4, -0.2) is 26.4 Å². The summed E-state index contributed by atoms with van der Waals surface area (Å²) in [4.78, 5) is 0. The molecule has 1 N–H and O–H groups in total. The molecule has 1 aliphatic heterocycles. The highest BCUT2D eigenvalue weighted by Gasteiger charge is 2.18. The molecule has 0 radical (unpaired) electrons. The van der Waals surface area contributed by atoms with Crippen molar-refractivity contribution in [1.29, 1.82) is 0 Å². The second-order valence-electron chi connectivity index (χ2n) is 5.05. The van der Waals surface area contributed by atoms with E-state index in [1.54, 1.807) is 7.11 Å². The van der Waals surface area contributed by atoms with Gasteiger partial charge in [0.1, 0.15) is 5.75 Å². The molecule has 1 aromatic carbocycles. The van der Waals surface area contributed by atoms with Gasteiger partial charge in [0.05, 0.1) is 13.2 Å². The summed E-state index contributed by atoms with van der Waals surface area (Å²) in [5.41, 5.74) is 1.27. The van der Waals surface area contributed by atoms with Crippen molar-refractivity contribution in [2.75, 3.05) is 20.3 Å². The summed E-state index contributed by atoms with van der Waals surface area (Å²) in [5, 5.41) is 3.53. The molecule has 3 heteroatoms. The average Bonchev–Trinajstić information content (AvgIpc) is 2.39. The molecule has 0 bridgehead atoms. The van der Waals surface area contributed by atoms with Gasteiger partial charge < -0.3 is 14.8 Å². The Balaban J connectivity index is 1.74. The summed E-state index contributed by atoms with van der Waals surface area (Å²) in [6.07, 6.45) is 2.77. The summed E-state index contributed by atoms with van der Waals surface area (Å²) in [5.74, 6) is 1.67. The third kappa shape index (κ3) is 4.00. The lowest BCUT2D eigenvalue weighted by molar-refractivity contribution is 0.00289. The van der Waals surface area contributed by atoms with Crippen molar-refractivity contribution in [3.8, 4) is 5.75 Å². The van der Waals surface area contributed by atoms with Crippen molar-refractivity contribution in [3.63, 3.8) is 0 Å². The predicted molar refractivity (Wildman–Crippen MR) is 72.8 cm³/mol. The lowest BCUT2D eigenvalue weighted by Gasteiger charge is -2.27. The number of hydrogen-bond acceptors (Lipinski definition) is 3. The molecule has 1 aromatic rings. The van der Waals surface area contributed by atoms with Gasteiger partial charge in [-0.15, -0.1) is 0 Å². The summed E-state index contributed by atoms with van der Waals surface area (Å²) in [7, 11) is 1.70. The predicted octanol–water partition coefficient (Wildman–Crippen LogP) is 2.60. The maximum Gasteiger partial charge on any atom is 0.119 e. The smallest absolute Gasteiger partial charge is 0.119 e. The summed E-state index contributed by atoms with van der Waals surface area (Å²) >= 11 is 0. The van der Waals surface area contributed by atoms with Crippen LogP contribution in [0.5, 0.6) is 5.75 Å². The number of rotatable bonds is 5. The van der Waals surface area contributed by atoms with Gasteiger partial charge in [-0.2, -0.15) is 0 Å². The third-order valence-corrected chi connectivity index (χ3v) is 3.49. The Morgan fingerprint density at radius 2 is 2.33 bits per heavy atom. The van der Waals surface area contributed by atoms with Crippen LogP contribution in [0.3, 0.4) is 0 Å². The fourth-order valence-corrected chi connectivity index (χ4v) is 2.48. The molecule has 2 atom stereocenters. The molecule has 0 aromatic heterocycles. The monoisotopic (exact) mass is 249 g/mol. The van der Waals surface area contributed by atoms with Crippen molar-refractivity contribution in [2.45, 2.75) is 32.4 Å². The Labute approximate surface area is 109 Å². The molecule has 3 nitrogen and oxygen atoms in total. The average molecular weight is 249 g/mol. The molecule has 100 valence electrons. The van der Waals surface area contributed by atoms with Crippen LogP contribution in [0.4, 0.5) is 0 Å². The van der Waals surface area contributed by atoms with Crippen molar-refractivity contribution in [1.82, 2.24) is 5.32 Å². The van der Waals surface area contributed by atoms with Crippen LogP contribution in [0.1, 0.15) is 25.3 Å². The second-order valence-corrected chi connectivity index (χ2v) is 5.05. The van der Waals surface area contributed by atoms with E-state index < -0.39 is 0 Å². The molecular weight excluding hydrogens is 226 g/mol. The summed E-state index contributed by atoms with van der Waals surface area (Å²) in [6, 6.07) is 8.22. The molecule has 0 spiro atoms. The van der Waals surface area contributed by atoms with E-state index in [-0.39, 0.29) is 0 Å². The highest BCUT2D eigenvalue weighted by Crippen LogP contribution is 2.19. The van der Waals surface area contributed by atoms with Crippen LogP contribution in [-0.2, 0) is 11.3 Å².